The van der Waals surface area contributed by atoms with E-state index in [0.29, 0.717) is 0 Å². The zero-order chi connectivity index (χ0) is 19.3. The van der Waals surface area contributed by atoms with Crippen LogP contribution in [0.25, 0.3) is 11.1 Å². The molecule has 0 saturated heterocycles. The van der Waals surface area contributed by atoms with Crippen LogP contribution in [-0.2, 0) is 0 Å². The second kappa shape index (κ2) is 8.94. The van der Waals surface area contributed by atoms with Gasteiger partial charge < -0.3 is 10.2 Å². The summed E-state index contributed by atoms with van der Waals surface area (Å²) in [6.45, 7) is 0. The molecule has 0 radical (unpaired) electrons. The lowest BCUT2D eigenvalue weighted by atomic mass is 9.86. The maximum Gasteiger partial charge on any atom is 0.115 e. The Morgan fingerprint density at radius 3 is 0.966 bits per heavy atom. The number of phenolic OH excluding ortho intramolecular Hbond substituents is 2. The van der Waals surface area contributed by atoms with E-state index >= 15 is 0 Å². The van der Waals surface area contributed by atoms with Gasteiger partial charge in [0.2, 0.25) is 0 Å². The maximum atomic E-state index is 9.77. The van der Waals surface area contributed by atoms with Gasteiger partial charge in [-0.15, -0.1) is 0 Å². The third kappa shape index (κ3) is 4.39. The first-order valence-electron chi connectivity index (χ1n) is 9.16. The van der Waals surface area contributed by atoms with Gasteiger partial charge in [-0.05, 0) is 57.7 Å². The summed E-state index contributed by atoms with van der Waals surface area (Å²) in [7, 11) is 0. The van der Waals surface area contributed by atoms with Gasteiger partial charge in [0, 0.05) is 0 Å². The summed E-state index contributed by atoms with van der Waals surface area (Å²) in [6.07, 6.45) is 0. The molecule has 0 fully saturated rings. The highest BCUT2D eigenvalue weighted by Crippen LogP contribution is 2.37. The third-order valence-corrected chi connectivity index (χ3v) is 4.69. The fourth-order valence-corrected chi connectivity index (χ4v) is 3.38. The Bertz CT molecular complexity index is 988. The minimum absolute atomic E-state index is 0. The first-order chi connectivity index (χ1) is 13.7. The van der Waals surface area contributed by atoms with E-state index in [1.807, 2.05) is 60.7 Å². The molecule has 4 aromatic carbocycles. The van der Waals surface area contributed by atoms with Gasteiger partial charge in [-0.1, -0.05) is 92.4 Å². The Balaban J connectivity index is 0.00000240. The normalized spacial score (nSPS) is 11.3. The Labute approximate surface area is 172 Å². The molecule has 2 N–H and O–H groups in total. The van der Waals surface area contributed by atoms with Gasteiger partial charge in [-0.3, -0.25) is 0 Å². The first kappa shape index (κ1) is 20.0. The minimum atomic E-state index is 0. The minimum Gasteiger partial charge on any atom is -0.508 e. The topological polar surface area (TPSA) is 40.5 Å². The van der Waals surface area contributed by atoms with Crippen LogP contribution >= 0.6 is 0 Å². The largest absolute Gasteiger partial charge is 0.508 e. The van der Waals surface area contributed by atoms with Crippen molar-refractivity contribution < 1.29 is 10.2 Å². The van der Waals surface area contributed by atoms with E-state index in [-0.39, 0.29) is 18.9 Å². The molecule has 0 atom stereocenters. The molecule has 0 spiro atoms. The van der Waals surface area contributed by atoms with Gasteiger partial charge in [0.05, 0.1) is 0 Å². The monoisotopic (exact) mass is 380 g/mol. The van der Waals surface area contributed by atoms with E-state index < -0.39 is 0 Å². The zero-order valence-electron chi connectivity index (χ0n) is 15.3. The average molecular weight is 380 g/mol. The Kier molecular flexibility index (Phi) is 6.16. The van der Waals surface area contributed by atoms with Crippen molar-refractivity contribution in [3.05, 3.63) is 131 Å². The Morgan fingerprint density at radius 1 is 0.379 bits per heavy atom. The van der Waals surface area contributed by atoms with Crippen LogP contribution in [-0.4, -0.2) is 10.2 Å². The summed E-state index contributed by atoms with van der Waals surface area (Å²) in [6, 6.07) is 35.0. The van der Waals surface area contributed by atoms with Gasteiger partial charge >= 0.3 is 0 Å². The summed E-state index contributed by atoms with van der Waals surface area (Å²) in [5.41, 5.74) is 6.32. The van der Waals surface area contributed by atoms with Crippen molar-refractivity contribution in [2.75, 3.05) is 0 Å². The van der Waals surface area contributed by atoms with Gasteiger partial charge in [-0.2, -0.15) is 0 Å². The van der Waals surface area contributed by atoms with E-state index in [2.05, 4.69) is 24.3 Å². The number of phenols is 2. The van der Waals surface area contributed by atoms with Crippen LogP contribution in [0.15, 0.2) is 109 Å². The van der Waals surface area contributed by atoms with Gasteiger partial charge in [0.25, 0.3) is 0 Å². The molecule has 0 unspecified atom stereocenters. The second-order valence-corrected chi connectivity index (χ2v) is 6.58. The second-order valence-electron chi connectivity index (χ2n) is 6.58. The Morgan fingerprint density at radius 2 is 0.655 bits per heavy atom. The molecule has 0 heterocycles. The lowest BCUT2D eigenvalue weighted by Gasteiger charge is -2.18. The fraction of sp³-hybridized carbons (Fsp3) is 0.0370. The van der Waals surface area contributed by atoms with Gasteiger partial charge in [0.1, 0.15) is 11.5 Å². The molecule has 0 amide bonds. The smallest absolute Gasteiger partial charge is 0.115 e. The number of rotatable bonds is 4. The van der Waals surface area contributed by atoms with Crippen molar-refractivity contribution >= 4 is 11.1 Å². The van der Waals surface area contributed by atoms with Crippen LogP contribution in [0.5, 0.6) is 11.5 Å². The van der Waals surface area contributed by atoms with Crippen LogP contribution in [0.1, 0.15) is 29.7 Å². The molecule has 0 saturated carbocycles. The summed E-state index contributed by atoms with van der Waals surface area (Å²) >= 11 is 0. The van der Waals surface area contributed by atoms with E-state index in [1.54, 1.807) is 24.3 Å². The molecule has 29 heavy (non-hydrogen) atoms. The predicted octanol–water partition coefficient (Wildman–Crippen LogP) is 6.74. The molecule has 4 rings (SSSR count). The predicted molar refractivity (Wildman–Crippen MR) is 121 cm³/mol. The zero-order valence-corrected chi connectivity index (χ0v) is 15.3. The van der Waals surface area contributed by atoms with E-state index in [4.69, 9.17) is 0 Å². The van der Waals surface area contributed by atoms with Crippen molar-refractivity contribution in [1.82, 2.24) is 0 Å². The molecule has 0 aliphatic heterocycles. The summed E-state index contributed by atoms with van der Waals surface area (Å²) in [5.74, 6) is 0.476. The van der Waals surface area contributed by atoms with Gasteiger partial charge in [-0.25, -0.2) is 0 Å². The highest BCUT2D eigenvalue weighted by molar-refractivity contribution is 6.04. The average Bonchev–Trinajstić information content (AvgIpc) is 2.75. The van der Waals surface area contributed by atoms with Crippen molar-refractivity contribution in [1.29, 1.82) is 0 Å². The maximum absolute atomic E-state index is 9.77. The van der Waals surface area contributed by atoms with Crippen molar-refractivity contribution in [3.8, 4) is 11.5 Å². The molecule has 0 aliphatic carbocycles. The quantitative estimate of drug-likeness (QED) is 0.385. The lowest BCUT2D eigenvalue weighted by Crippen LogP contribution is -1.97. The van der Waals surface area contributed by atoms with Crippen molar-refractivity contribution in [2.45, 2.75) is 7.43 Å². The van der Waals surface area contributed by atoms with Crippen molar-refractivity contribution in [2.24, 2.45) is 0 Å². The molecular weight excluding hydrogens is 356 g/mol. The van der Waals surface area contributed by atoms with Crippen molar-refractivity contribution in [3.63, 3.8) is 0 Å². The summed E-state index contributed by atoms with van der Waals surface area (Å²) in [4.78, 5) is 0. The van der Waals surface area contributed by atoms with Gasteiger partial charge in [0.15, 0.2) is 0 Å². The summed E-state index contributed by atoms with van der Waals surface area (Å²) in [5, 5.41) is 19.5. The van der Waals surface area contributed by atoms with E-state index in [0.717, 1.165) is 33.4 Å². The summed E-state index contributed by atoms with van der Waals surface area (Å²) < 4.78 is 0. The van der Waals surface area contributed by atoms with Crippen LogP contribution in [0.4, 0.5) is 0 Å². The molecule has 2 nitrogen and oxygen atoms in total. The van der Waals surface area contributed by atoms with E-state index in [1.165, 1.54) is 0 Å². The fourth-order valence-electron chi connectivity index (χ4n) is 3.38. The number of hydrogen-bond donors (Lipinski definition) is 2. The third-order valence-electron chi connectivity index (χ3n) is 4.69. The molecular formula is C27H24O2. The van der Waals surface area contributed by atoms with Crippen LogP contribution in [0, 0.1) is 0 Å². The molecule has 144 valence electrons. The standard InChI is InChI=1S/C26H20O2.CH4/c27-23-15-11-21(12-16-23)25(19-7-3-1-4-8-19)26(20-9-5-2-6-10-20)22-13-17-24(28)18-14-22;/h1-18,27-28H;1H4/b26-25+;. The van der Waals surface area contributed by atoms with Crippen LogP contribution in [0.3, 0.4) is 0 Å². The first-order valence-corrected chi connectivity index (χ1v) is 9.16. The molecule has 0 bridgehead atoms. The SMILES string of the molecule is C.Oc1ccc(/C(=C(\c2ccccc2)c2ccc(O)cc2)c2ccccc2)cc1. The lowest BCUT2D eigenvalue weighted by molar-refractivity contribution is 0.474. The number of hydrogen-bond acceptors (Lipinski definition) is 2. The molecule has 0 aromatic heterocycles. The highest BCUT2D eigenvalue weighted by atomic mass is 16.3. The molecule has 4 aromatic rings. The van der Waals surface area contributed by atoms with Crippen LogP contribution < -0.4 is 0 Å². The molecule has 0 aliphatic rings. The highest BCUT2D eigenvalue weighted by Gasteiger charge is 2.16. The van der Waals surface area contributed by atoms with Crippen LogP contribution in [0.2, 0.25) is 0 Å². The van der Waals surface area contributed by atoms with E-state index in [9.17, 15) is 10.2 Å². The number of benzene rings is 4. The Hall–Kier alpha value is -3.78. The number of aromatic hydroxyl groups is 2. The molecule has 2 heteroatoms.